The highest BCUT2D eigenvalue weighted by molar-refractivity contribution is 9.10. The maximum atomic E-state index is 3.45. The van der Waals surface area contributed by atoms with E-state index in [2.05, 4.69) is 46.4 Å². The monoisotopic (exact) mass is 247 g/mol. The van der Waals surface area contributed by atoms with Crippen molar-refractivity contribution in [1.29, 1.82) is 0 Å². The van der Waals surface area contributed by atoms with Crippen LogP contribution in [-0.2, 0) is 6.42 Å². The fraction of sp³-hybridized carbons (Fsp3) is 0.556. The van der Waals surface area contributed by atoms with E-state index in [1.165, 1.54) is 28.7 Å². The molecule has 0 aliphatic carbocycles. The average molecular weight is 248 g/mol. The van der Waals surface area contributed by atoms with E-state index in [0.717, 1.165) is 0 Å². The third kappa shape index (κ3) is 3.70. The standard InChI is InChI=1S/C9H14BrNS/c1-11(2)5-3-4-9-6-8(10)7-12-9/h6-7H,3-5H2,1-2H3. The summed E-state index contributed by atoms with van der Waals surface area (Å²) in [4.78, 5) is 3.70. The second-order valence-electron chi connectivity index (χ2n) is 3.14. The molecule has 1 heterocycles. The van der Waals surface area contributed by atoms with Crippen molar-refractivity contribution in [2.24, 2.45) is 0 Å². The zero-order chi connectivity index (χ0) is 8.97. The Labute approximate surface area is 86.5 Å². The normalized spacial score (nSPS) is 11.0. The molecule has 3 heteroatoms. The minimum Gasteiger partial charge on any atom is -0.309 e. The lowest BCUT2D eigenvalue weighted by atomic mass is 10.2. The predicted octanol–water partition coefficient (Wildman–Crippen LogP) is 3.00. The first-order valence-corrected chi connectivity index (χ1v) is 5.73. The zero-order valence-electron chi connectivity index (χ0n) is 7.51. The summed E-state index contributed by atoms with van der Waals surface area (Å²) in [5, 5.41) is 2.14. The molecule has 0 amide bonds. The second kappa shape index (κ2) is 5.00. The molecule has 1 aromatic rings. The maximum absolute atomic E-state index is 3.45. The van der Waals surface area contributed by atoms with E-state index in [4.69, 9.17) is 0 Å². The molecule has 0 aromatic carbocycles. The third-order valence-electron chi connectivity index (χ3n) is 1.65. The molecule has 0 saturated heterocycles. The fourth-order valence-electron chi connectivity index (χ4n) is 1.05. The highest BCUT2D eigenvalue weighted by Gasteiger charge is 1.97. The summed E-state index contributed by atoms with van der Waals surface area (Å²) in [6.07, 6.45) is 2.45. The maximum Gasteiger partial charge on any atom is 0.0285 e. The van der Waals surface area contributed by atoms with Gasteiger partial charge >= 0.3 is 0 Å². The summed E-state index contributed by atoms with van der Waals surface area (Å²) in [5.74, 6) is 0. The lowest BCUT2D eigenvalue weighted by Gasteiger charge is -2.07. The van der Waals surface area contributed by atoms with Gasteiger partial charge in [-0.05, 0) is 55.5 Å². The van der Waals surface area contributed by atoms with Crippen molar-refractivity contribution in [3.05, 3.63) is 20.8 Å². The Kier molecular flexibility index (Phi) is 4.26. The number of nitrogens with zero attached hydrogens (tertiary/aromatic N) is 1. The van der Waals surface area contributed by atoms with Crippen LogP contribution in [0.25, 0.3) is 0 Å². The number of thiophene rings is 1. The van der Waals surface area contributed by atoms with E-state index < -0.39 is 0 Å². The van der Waals surface area contributed by atoms with Crippen LogP contribution in [0.1, 0.15) is 11.3 Å². The summed E-state index contributed by atoms with van der Waals surface area (Å²) < 4.78 is 1.22. The van der Waals surface area contributed by atoms with Crippen molar-refractivity contribution in [2.75, 3.05) is 20.6 Å². The Morgan fingerprint density at radius 2 is 2.25 bits per heavy atom. The first-order valence-electron chi connectivity index (χ1n) is 4.06. The van der Waals surface area contributed by atoms with E-state index in [9.17, 15) is 0 Å². The van der Waals surface area contributed by atoms with Gasteiger partial charge in [-0.1, -0.05) is 0 Å². The molecule has 1 rings (SSSR count). The molecule has 0 bridgehead atoms. The molecule has 0 saturated carbocycles. The van der Waals surface area contributed by atoms with Gasteiger partial charge in [-0.2, -0.15) is 0 Å². The summed E-state index contributed by atoms with van der Waals surface area (Å²) in [7, 11) is 4.23. The lowest BCUT2D eigenvalue weighted by molar-refractivity contribution is 0.401. The Morgan fingerprint density at radius 1 is 1.50 bits per heavy atom. The predicted molar refractivity (Wildman–Crippen MR) is 58.9 cm³/mol. The van der Waals surface area contributed by atoms with E-state index >= 15 is 0 Å². The molecule has 12 heavy (non-hydrogen) atoms. The smallest absolute Gasteiger partial charge is 0.0285 e. The van der Waals surface area contributed by atoms with Crippen LogP contribution in [0, 0.1) is 0 Å². The molecule has 0 spiro atoms. The van der Waals surface area contributed by atoms with Crippen LogP contribution in [0.2, 0.25) is 0 Å². The van der Waals surface area contributed by atoms with Gasteiger partial charge in [-0.25, -0.2) is 0 Å². The van der Waals surface area contributed by atoms with E-state index in [1.807, 2.05) is 11.3 Å². The molecular formula is C9H14BrNS. The lowest BCUT2D eigenvalue weighted by Crippen LogP contribution is -2.13. The highest BCUT2D eigenvalue weighted by atomic mass is 79.9. The van der Waals surface area contributed by atoms with Gasteiger partial charge in [0.05, 0.1) is 0 Å². The molecule has 0 atom stereocenters. The number of aryl methyl sites for hydroxylation is 1. The van der Waals surface area contributed by atoms with Crippen LogP contribution in [0.4, 0.5) is 0 Å². The minimum absolute atomic E-state index is 1.18. The van der Waals surface area contributed by atoms with Gasteiger partial charge in [-0.15, -0.1) is 11.3 Å². The highest BCUT2D eigenvalue weighted by Crippen LogP contribution is 2.20. The van der Waals surface area contributed by atoms with Gasteiger partial charge in [0.1, 0.15) is 0 Å². The molecular weight excluding hydrogens is 234 g/mol. The first kappa shape index (κ1) is 10.2. The largest absolute Gasteiger partial charge is 0.309 e. The third-order valence-corrected chi connectivity index (χ3v) is 3.41. The molecule has 0 aliphatic rings. The topological polar surface area (TPSA) is 3.24 Å². The van der Waals surface area contributed by atoms with Gasteiger partial charge in [0.25, 0.3) is 0 Å². The zero-order valence-corrected chi connectivity index (χ0v) is 9.91. The van der Waals surface area contributed by atoms with Gasteiger partial charge in [0.2, 0.25) is 0 Å². The van der Waals surface area contributed by atoms with Gasteiger partial charge in [-0.3, -0.25) is 0 Å². The average Bonchev–Trinajstić information content (AvgIpc) is 2.35. The van der Waals surface area contributed by atoms with Crippen LogP contribution >= 0.6 is 27.3 Å². The van der Waals surface area contributed by atoms with Crippen molar-refractivity contribution in [3.8, 4) is 0 Å². The molecule has 0 radical (unpaired) electrons. The summed E-state index contributed by atoms with van der Waals surface area (Å²) >= 11 is 5.29. The molecule has 68 valence electrons. The molecule has 0 aliphatic heterocycles. The quantitative estimate of drug-likeness (QED) is 0.791. The van der Waals surface area contributed by atoms with Crippen molar-refractivity contribution < 1.29 is 0 Å². The van der Waals surface area contributed by atoms with Crippen molar-refractivity contribution in [1.82, 2.24) is 4.90 Å². The van der Waals surface area contributed by atoms with E-state index in [1.54, 1.807) is 0 Å². The number of hydrogen-bond donors (Lipinski definition) is 0. The molecule has 0 N–H and O–H groups in total. The van der Waals surface area contributed by atoms with Crippen molar-refractivity contribution in [3.63, 3.8) is 0 Å². The number of hydrogen-bond acceptors (Lipinski definition) is 2. The second-order valence-corrected chi connectivity index (χ2v) is 5.05. The van der Waals surface area contributed by atoms with E-state index in [0.29, 0.717) is 0 Å². The summed E-state index contributed by atoms with van der Waals surface area (Å²) in [6.45, 7) is 1.18. The van der Waals surface area contributed by atoms with Crippen molar-refractivity contribution in [2.45, 2.75) is 12.8 Å². The van der Waals surface area contributed by atoms with Gasteiger partial charge in [0.15, 0.2) is 0 Å². The Hall–Kier alpha value is 0.140. The SMILES string of the molecule is CN(C)CCCc1cc(Br)cs1. The summed E-state index contributed by atoms with van der Waals surface area (Å²) in [6, 6.07) is 2.21. The van der Waals surface area contributed by atoms with Crippen LogP contribution in [-0.4, -0.2) is 25.5 Å². The van der Waals surface area contributed by atoms with Crippen LogP contribution < -0.4 is 0 Å². The molecule has 0 unspecified atom stereocenters. The van der Waals surface area contributed by atoms with Gasteiger partial charge < -0.3 is 4.90 Å². The minimum atomic E-state index is 1.18. The van der Waals surface area contributed by atoms with Crippen LogP contribution in [0.5, 0.6) is 0 Å². The number of halogens is 1. The fourth-order valence-corrected chi connectivity index (χ4v) is 2.55. The first-order chi connectivity index (χ1) is 5.68. The Bertz CT molecular complexity index is 232. The molecule has 0 fully saturated rings. The summed E-state index contributed by atoms with van der Waals surface area (Å²) in [5.41, 5.74) is 0. The Balaban J connectivity index is 2.24. The van der Waals surface area contributed by atoms with Crippen LogP contribution in [0.15, 0.2) is 15.9 Å². The van der Waals surface area contributed by atoms with Gasteiger partial charge in [0, 0.05) is 14.7 Å². The van der Waals surface area contributed by atoms with Crippen molar-refractivity contribution >= 4 is 27.3 Å². The number of rotatable bonds is 4. The molecule has 1 aromatic heterocycles. The Morgan fingerprint density at radius 3 is 2.75 bits per heavy atom. The van der Waals surface area contributed by atoms with Crippen LogP contribution in [0.3, 0.4) is 0 Å². The van der Waals surface area contributed by atoms with E-state index in [-0.39, 0.29) is 0 Å². The molecule has 1 nitrogen and oxygen atoms in total.